The summed E-state index contributed by atoms with van der Waals surface area (Å²) in [5.74, 6) is 0.287. The van der Waals surface area contributed by atoms with E-state index >= 15 is 4.79 Å². The molecule has 1 spiro atoms. The van der Waals surface area contributed by atoms with Gasteiger partial charge in [-0.1, -0.05) is 95.7 Å². The molecule has 2 fully saturated rings. The highest BCUT2D eigenvalue weighted by atomic mass is 79.9. The van der Waals surface area contributed by atoms with Crippen molar-refractivity contribution >= 4 is 58.3 Å². The molecular weight excluding hydrogens is 750 g/mol. The van der Waals surface area contributed by atoms with Crippen molar-refractivity contribution in [1.29, 1.82) is 0 Å². The molecule has 53 heavy (non-hydrogen) atoms. The number of aliphatic hydroxyl groups is 1. The summed E-state index contributed by atoms with van der Waals surface area (Å²) in [5, 5.41) is 11.2. The Balaban J connectivity index is 1.28. The summed E-state index contributed by atoms with van der Waals surface area (Å²) in [4.78, 5) is 47.1. The minimum atomic E-state index is -2.50. The summed E-state index contributed by atoms with van der Waals surface area (Å²) in [7, 11) is -0.852. The molecule has 276 valence electrons. The summed E-state index contributed by atoms with van der Waals surface area (Å²) in [5.41, 5.74) is 2.80. The van der Waals surface area contributed by atoms with Gasteiger partial charge in [0.15, 0.2) is 5.60 Å². The minimum Gasteiger partial charge on any atom is -0.497 e. The van der Waals surface area contributed by atoms with Gasteiger partial charge in [-0.2, -0.15) is 0 Å². The van der Waals surface area contributed by atoms with Gasteiger partial charge >= 0.3 is 0 Å². The van der Waals surface area contributed by atoms with Gasteiger partial charge in [0.1, 0.15) is 5.75 Å². The second kappa shape index (κ2) is 14.9. The molecule has 3 amide bonds. The molecule has 0 aliphatic carbocycles. The van der Waals surface area contributed by atoms with E-state index in [1.807, 2.05) is 89.8 Å². The molecule has 7 rings (SSSR count). The fourth-order valence-corrected chi connectivity index (χ4v) is 13.1. The minimum absolute atomic E-state index is 0.0682. The number of anilines is 2. The number of benzene rings is 4. The number of β-lactam (4-membered cyclic amide) rings is 1. The van der Waals surface area contributed by atoms with Crippen LogP contribution in [0.15, 0.2) is 102 Å². The van der Waals surface area contributed by atoms with E-state index in [-0.39, 0.29) is 48.8 Å². The maximum atomic E-state index is 15.2. The fourth-order valence-electron chi connectivity index (χ4n) is 8.75. The maximum Gasteiger partial charge on any atom is 0.264 e. The van der Waals surface area contributed by atoms with Gasteiger partial charge in [0.05, 0.1) is 46.5 Å². The standard InChI is InChI=1S/C42H46BrN3O6Si/c1-28-40(53(3,4)34-16-14-33(51-2)15-17-34)37(25-39(49)44(21-22-47)26-29-9-6-5-7-10-29)52-42(28)35-24-31(43)13-18-36(35)46(41(42)50)27-30-11-8-12-32(23-30)45-20-19-38(45)48/h5-18,23-24,28,37,40,47H,19-22,25-27H2,1-4H3/t28-,37+,40-,42+/m1/s1. The van der Waals surface area contributed by atoms with Gasteiger partial charge in [-0.05, 0) is 59.1 Å². The van der Waals surface area contributed by atoms with Gasteiger partial charge in [0.25, 0.3) is 5.91 Å². The number of hydrogen-bond donors (Lipinski definition) is 1. The van der Waals surface area contributed by atoms with Crippen molar-refractivity contribution in [1.82, 2.24) is 4.90 Å². The summed E-state index contributed by atoms with van der Waals surface area (Å²) < 4.78 is 13.6. The van der Waals surface area contributed by atoms with Crippen LogP contribution in [0.4, 0.5) is 11.4 Å². The first kappa shape index (κ1) is 37.0. The van der Waals surface area contributed by atoms with Crippen molar-refractivity contribution < 1.29 is 29.0 Å². The third-order valence-corrected chi connectivity index (χ3v) is 16.4. The lowest BCUT2D eigenvalue weighted by atomic mass is 9.82. The molecule has 2 saturated heterocycles. The smallest absolute Gasteiger partial charge is 0.264 e. The zero-order valence-corrected chi connectivity index (χ0v) is 33.2. The number of rotatable bonds is 12. The average molecular weight is 797 g/mol. The van der Waals surface area contributed by atoms with Crippen LogP contribution in [-0.2, 0) is 37.8 Å². The topological polar surface area (TPSA) is 99.6 Å². The summed E-state index contributed by atoms with van der Waals surface area (Å²) in [6, 6.07) is 31.7. The fraction of sp³-hybridized carbons (Fsp3) is 0.357. The third kappa shape index (κ3) is 6.73. The second-order valence-electron chi connectivity index (χ2n) is 14.9. The van der Waals surface area contributed by atoms with E-state index < -0.39 is 19.8 Å². The Kier molecular flexibility index (Phi) is 10.4. The molecule has 0 saturated carbocycles. The molecule has 4 aromatic rings. The molecule has 0 bridgehead atoms. The van der Waals surface area contributed by atoms with E-state index in [0.717, 1.165) is 38.3 Å². The van der Waals surface area contributed by atoms with Gasteiger partial charge < -0.3 is 29.3 Å². The molecule has 4 atom stereocenters. The molecular formula is C42H46BrN3O6Si. The molecule has 3 aliphatic rings. The normalized spacial score (nSPS) is 22.3. The largest absolute Gasteiger partial charge is 0.497 e. The number of ether oxygens (including phenoxy) is 2. The number of aliphatic hydroxyl groups excluding tert-OH is 1. The number of carbonyl (C=O) groups is 3. The SMILES string of the molecule is COc1ccc([Si](C)(C)[C@H]2[C@H](CC(=O)N(CCO)Cc3ccccc3)O[C@@]3(C(=O)N(Cc4cccc(N5CCC5=O)c4)c4ccc(Br)cc43)[C@@H]2C)cc1. The van der Waals surface area contributed by atoms with Crippen molar-refractivity contribution in [2.24, 2.45) is 5.92 Å². The van der Waals surface area contributed by atoms with Crippen LogP contribution in [0, 0.1) is 5.92 Å². The Morgan fingerprint density at radius 3 is 2.40 bits per heavy atom. The first-order valence-corrected chi connectivity index (χ1v) is 22.1. The second-order valence-corrected chi connectivity index (χ2v) is 20.5. The number of hydrogen-bond acceptors (Lipinski definition) is 6. The predicted molar refractivity (Wildman–Crippen MR) is 212 cm³/mol. The monoisotopic (exact) mass is 795 g/mol. The van der Waals surface area contributed by atoms with Crippen molar-refractivity contribution in [2.45, 2.75) is 63.2 Å². The van der Waals surface area contributed by atoms with Gasteiger partial charge in [0, 0.05) is 47.7 Å². The van der Waals surface area contributed by atoms with Crippen molar-refractivity contribution in [3.63, 3.8) is 0 Å². The number of carbonyl (C=O) groups excluding carboxylic acids is 3. The Morgan fingerprint density at radius 2 is 1.74 bits per heavy atom. The van der Waals surface area contributed by atoms with Crippen molar-refractivity contribution in [3.8, 4) is 5.75 Å². The van der Waals surface area contributed by atoms with Crippen LogP contribution in [0.5, 0.6) is 5.75 Å². The Labute approximate surface area is 320 Å². The van der Waals surface area contributed by atoms with Crippen molar-refractivity contribution in [2.75, 3.05) is 36.6 Å². The van der Waals surface area contributed by atoms with Crippen molar-refractivity contribution in [3.05, 3.63) is 118 Å². The molecule has 0 radical (unpaired) electrons. The number of fused-ring (bicyclic) bond motifs is 2. The number of methoxy groups -OCH3 is 1. The third-order valence-electron chi connectivity index (χ3n) is 11.5. The quantitative estimate of drug-likeness (QED) is 0.132. The molecule has 4 aromatic carbocycles. The summed E-state index contributed by atoms with van der Waals surface area (Å²) >= 11 is 3.69. The lowest BCUT2D eigenvalue weighted by Gasteiger charge is -2.37. The zero-order valence-electron chi connectivity index (χ0n) is 30.6. The Hall–Kier alpha value is -4.29. The van der Waals surface area contributed by atoms with Gasteiger partial charge in [-0.3, -0.25) is 14.4 Å². The Morgan fingerprint density at radius 1 is 1.00 bits per heavy atom. The van der Waals surface area contributed by atoms with Crippen LogP contribution in [0.3, 0.4) is 0 Å². The molecule has 0 unspecified atom stereocenters. The van der Waals surface area contributed by atoms with E-state index in [1.54, 1.807) is 16.9 Å². The molecule has 0 aromatic heterocycles. The molecule has 1 N–H and O–H groups in total. The van der Waals surface area contributed by atoms with E-state index in [0.29, 0.717) is 26.1 Å². The van der Waals surface area contributed by atoms with E-state index in [2.05, 4.69) is 48.1 Å². The van der Waals surface area contributed by atoms with Gasteiger partial charge in [-0.15, -0.1) is 0 Å². The van der Waals surface area contributed by atoms with E-state index in [9.17, 15) is 14.7 Å². The highest BCUT2D eigenvalue weighted by Gasteiger charge is 2.66. The first-order chi connectivity index (χ1) is 25.5. The predicted octanol–water partition coefficient (Wildman–Crippen LogP) is 6.37. The van der Waals surface area contributed by atoms with Gasteiger partial charge in [0.2, 0.25) is 11.8 Å². The lowest BCUT2D eigenvalue weighted by molar-refractivity contribution is -0.150. The Bertz CT molecular complexity index is 2010. The van der Waals surface area contributed by atoms with Gasteiger partial charge in [-0.25, -0.2) is 0 Å². The van der Waals surface area contributed by atoms with E-state index in [1.165, 1.54) is 5.19 Å². The van der Waals surface area contributed by atoms with Crippen LogP contribution < -0.4 is 19.7 Å². The van der Waals surface area contributed by atoms with Crippen LogP contribution in [0.25, 0.3) is 0 Å². The molecule has 3 heterocycles. The molecule has 11 heteroatoms. The molecule has 3 aliphatic heterocycles. The van der Waals surface area contributed by atoms with E-state index in [4.69, 9.17) is 9.47 Å². The highest BCUT2D eigenvalue weighted by molar-refractivity contribution is 9.10. The van der Waals surface area contributed by atoms with Crippen LogP contribution in [0.2, 0.25) is 18.6 Å². The van der Waals surface area contributed by atoms with Crippen LogP contribution >= 0.6 is 15.9 Å². The molecule has 9 nitrogen and oxygen atoms in total. The number of amides is 3. The van der Waals surface area contributed by atoms with Crippen LogP contribution in [-0.4, -0.2) is 68.7 Å². The zero-order chi connectivity index (χ0) is 37.5. The average Bonchev–Trinajstić information content (AvgIpc) is 3.57. The lowest BCUT2D eigenvalue weighted by Crippen LogP contribution is -2.52. The number of halogens is 1. The van der Waals surface area contributed by atoms with Crippen LogP contribution in [0.1, 0.15) is 36.5 Å². The maximum absolute atomic E-state index is 15.2. The summed E-state index contributed by atoms with van der Waals surface area (Å²) in [6.07, 6.45) is 0.0354. The first-order valence-electron chi connectivity index (χ1n) is 18.2. The summed E-state index contributed by atoms with van der Waals surface area (Å²) in [6.45, 7) is 8.09. The highest BCUT2D eigenvalue weighted by Crippen LogP contribution is 2.60. The number of nitrogens with zero attached hydrogens (tertiary/aromatic N) is 3.